The second-order valence-corrected chi connectivity index (χ2v) is 6.31. The normalized spacial score (nSPS) is 12.3. The molecule has 0 spiro atoms. The van der Waals surface area contributed by atoms with Gasteiger partial charge >= 0.3 is 0 Å². The Morgan fingerprint density at radius 1 is 0.769 bits per heavy atom. The highest BCUT2D eigenvalue weighted by Gasteiger charge is 2.16. The minimum absolute atomic E-state index is 0.272. The molecule has 0 aliphatic heterocycles. The Morgan fingerprint density at radius 2 is 1.42 bits per heavy atom. The smallest absolute Gasteiger partial charge is 0.127 e. The van der Waals surface area contributed by atoms with Gasteiger partial charge in [0.15, 0.2) is 0 Å². The van der Waals surface area contributed by atoms with Crippen molar-refractivity contribution in [3.63, 3.8) is 0 Å². The van der Waals surface area contributed by atoms with Gasteiger partial charge in [-0.25, -0.2) is 8.78 Å². The van der Waals surface area contributed by atoms with Crippen molar-refractivity contribution in [3.05, 3.63) is 107 Å². The number of aliphatic hydroxyl groups is 1. The van der Waals surface area contributed by atoms with Crippen LogP contribution in [-0.2, 0) is 13.1 Å². The number of rotatable bonds is 7. The maximum absolute atomic E-state index is 14.1. The Hall–Kier alpha value is -2.56. The third-order valence-corrected chi connectivity index (χ3v) is 4.29. The molecule has 26 heavy (non-hydrogen) atoms. The Morgan fingerprint density at radius 3 is 2.12 bits per heavy atom. The van der Waals surface area contributed by atoms with Crippen molar-refractivity contribution in [1.29, 1.82) is 0 Å². The number of nitrogens with zero attached hydrogens (tertiary/aromatic N) is 1. The van der Waals surface area contributed by atoms with Crippen LogP contribution < -0.4 is 0 Å². The van der Waals surface area contributed by atoms with Gasteiger partial charge in [-0.05, 0) is 29.3 Å². The molecule has 0 saturated heterocycles. The molecule has 0 aliphatic carbocycles. The molecule has 2 nitrogen and oxygen atoms in total. The van der Waals surface area contributed by atoms with Gasteiger partial charge in [-0.2, -0.15) is 0 Å². The first kappa shape index (κ1) is 18.2. The average molecular weight is 353 g/mol. The zero-order valence-electron chi connectivity index (χ0n) is 14.4. The second kappa shape index (κ2) is 8.70. The molecule has 0 saturated carbocycles. The molecule has 3 rings (SSSR count). The summed E-state index contributed by atoms with van der Waals surface area (Å²) >= 11 is 0. The summed E-state index contributed by atoms with van der Waals surface area (Å²) in [4.78, 5) is 1.96. The summed E-state index contributed by atoms with van der Waals surface area (Å²) in [5.74, 6) is -0.565. The highest BCUT2D eigenvalue weighted by molar-refractivity contribution is 5.21. The molecule has 134 valence electrons. The number of halogens is 2. The zero-order valence-corrected chi connectivity index (χ0v) is 14.4. The molecule has 1 N–H and O–H groups in total. The van der Waals surface area contributed by atoms with Crippen LogP contribution in [0.15, 0.2) is 78.9 Å². The quantitative estimate of drug-likeness (QED) is 0.665. The van der Waals surface area contributed by atoms with Crippen LogP contribution in [0.1, 0.15) is 22.8 Å². The molecule has 0 aliphatic rings. The third-order valence-electron chi connectivity index (χ3n) is 4.29. The van der Waals surface area contributed by atoms with E-state index in [1.165, 1.54) is 18.2 Å². The summed E-state index contributed by atoms with van der Waals surface area (Å²) in [5.41, 5.74) is 2.28. The summed E-state index contributed by atoms with van der Waals surface area (Å²) in [6.07, 6.45) is -0.691. The molecule has 0 amide bonds. The van der Waals surface area contributed by atoms with Crippen molar-refractivity contribution in [2.45, 2.75) is 19.2 Å². The van der Waals surface area contributed by atoms with Crippen molar-refractivity contribution in [1.82, 2.24) is 4.90 Å². The van der Waals surface area contributed by atoms with Crippen molar-refractivity contribution in [2.75, 3.05) is 6.54 Å². The summed E-state index contributed by atoms with van der Waals surface area (Å²) < 4.78 is 27.2. The SMILES string of the molecule is OC(CN(Cc1ccc(F)cc1)Cc1ccccc1F)c1ccccc1. The van der Waals surface area contributed by atoms with E-state index < -0.39 is 6.10 Å². The van der Waals surface area contributed by atoms with Crippen LogP contribution >= 0.6 is 0 Å². The first-order valence-corrected chi connectivity index (χ1v) is 8.55. The Labute approximate surface area is 152 Å². The first-order chi connectivity index (χ1) is 12.6. The van der Waals surface area contributed by atoms with Gasteiger partial charge in [0.2, 0.25) is 0 Å². The molecule has 0 aromatic heterocycles. The fraction of sp³-hybridized carbons (Fsp3) is 0.182. The zero-order chi connectivity index (χ0) is 18.4. The van der Waals surface area contributed by atoms with E-state index in [1.54, 1.807) is 30.3 Å². The maximum atomic E-state index is 14.1. The molecule has 3 aromatic carbocycles. The van der Waals surface area contributed by atoms with Crippen molar-refractivity contribution >= 4 is 0 Å². The lowest BCUT2D eigenvalue weighted by Crippen LogP contribution is -2.28. The minimum atomic E-state index is -0.691. The largest absolute Gasteiger partial charge is 0.387 e. The predicted molar refractivity (Wildman–Crippen MR) is 98.3 cm³/mol. The van der Waals surface area contributed by atoms with E-state index in [2.05, 4.69) is 0 Å². The van der Waals surface area contributed by atoms with Gasteiger partial charge in [0.05, 0.1) is 6.10 Å². The molecule has 0 heterocycles. The summed E-state index contributed by atoms with van der Waals surface area (Å²) in [7, 11) is 0. The average Bonchev–Trinajstić information content (AvgIpc) is 2.66. The van der Waals surface area contributed by atoms with Crippen LogP contribution in [0.2, 0.25) is 0 Å². The lowest BCUT2D eigenvalue weighted by Gasteiger charge is -2.26. The van der Waals surface area contributed by atoms with E-state index in [-0.39, 0.29) is 11.6 Å². The maximum Gasteiger partial charge on any atom is 0.127 e. The summed E-state index contributed by atoms with van der Waals surface area (Å²) in [6.45, 7) is 1.18. The number of benzene rings is 3. The number of aliphatic hydroxyl groups excluding tert-OH is 1. The van der Waals surface area contributed by atoms with Crippen molar-refractivity contribution in [3.8, 4) is 0 Å². The Balaban J connectivity index is 1.78. The summed E-state index contributed by atoms with van der Waals surface area (Å²) in [6, 6.07) is 22.2. The molecule has 0 bridgehead atoms. The first-order valence-electron chi connectivity index (χ1n) is 8.55. The van der Waals surface area contributed by atoms with Gasteiger partial charge in [-0.15, -0.1) is 0 Å². The second-order valence-electron chi connectivity index (χ2n) is 6.31. The molecule has 1 atom stereocenters. The van der Waals surface area contributed by atoms with E-state index >= 15 is 0 Å². The number of hydrogen-bond donors (Lipinski definition) is 1. The highest BCUT2D eigenvalue weighted by Crippen LogP contribution is 2.19. The molecule has 4 heteroatoms. The van der Waals surface area contributed by atoms with E-state index in [0.29, 0.717) is 25.2 Å². The monoisotopic (exact) mass is 353 g/mol. The highest BCUT2D eigenvalue weighted by atomic mass is 19.1. The molecule has 1 unspecified atom stereocenters. The van der Waals surface area contributed by atoms with Crippen molar-refractivity contribution < 1.29 is 13.9 Å². The number of hydrogen-bond acceptors (Lipinski definition) is 2. The third kappa shape index (κ3) is 4.97. The molecule has 0 radical (unpaired) electrons. The Kier molecular flexibility index (Phi) is 6.10. The Bertz CT molecular complexity index is 821. The standard InChI is InChI=1S/C22H21F2NO/c23-20-12-10-17(11-13-20)14-25(15-19-8-4-5-9-21(19)24)16-22(26)18-6-2-1-3-7-18/h1-13,22,26H,14-16H2. The van der Waals surface area contributed by atoms with Gasteiger partial charge in [-0.3, -0.25) is 4.90 Å². The fourth-order valence-electron chi connectivity index (χ4n) is 2.93. The van der Waals surface area contributed by atoms with Crippen LogP contribution in [0.4, 0.5) is 8.78 Å². The molecule has 3 aromatic rings. The molecule has 0 fully saturated rings. The van der Waals surface area contributed by atoms with Gasteiger partial charge in [-0.1, -0.05) is 60.7 Å². The van der Waals surface area contributed by atoms with E-state index in [0.717, 1.165) is 11.1 Å². The van der Waals surface area contributed by atoms with Gasteiger partial charge in [0.25, 0.3) is 0 Å². The minimum Gasteiger partial charge on any atom is -0.387 e. The molecular formula is C22H21F2NO. The topological polar surface area (TPSA) is 23.5 Å². The van der Waals surface area contributed by atoms with Crippen LogP contribution in [0.25, 0.3) is 0 Å². The van der Waals surface area contributed by atoms with Gasteiger partial charge in [0.1, 0.15) is 11.6 Å². The van der Waals surface area contributed by atoms with E-state index in [9.17, 15) is 13.9 Å². The van der Waals surface area contributed by atoms with Crippen LogP contribution in [-0.4, -0.2) is 16.6 Å². The van der Waals surface area contributed by atoms with Gasteiger partial charge in [0, 0.05) is 25.2 Å². The van der Waals surface area contributed by atoms with Gasteiger partial charge < -0.3 is 5.11 Å². The summed E-state index contributed by atoms with van der Waals surface area (Å²) in [5, 5.41) is 10.6. The lowest BCUT2D eigenvalue weighted by molar-refractivity contribution is 0.104. The van der Waals surface area contributed by atoms with E-state index in [1.807, 2.05) is 35.2 Å². The van der Waals surface area contributed by atoms with Crippen LogP contribution in [0, 0.1) is 11.6 Å². The fourth-order valence-corrected chi connectivity index (χ4v) is 2.93. The van der Waals surface area contributed by atoms with E-state index in [4.69, 9.17) is 0 Å². The van der Waals surface area contributed by atoms with Crippen LogP contribution in [0.3, 0.4) is 0 Å². The molecular weight excluding hydrogens is 332 g/mol. The lowest BCUT2D eigenvalue weighted by atomic mass is 10.1. The predicted octanol–water partition coefficient (Wildman–Crippen LogP) is 4.70. The van der Waals surface area contributed by atoms with Crippen LogP contribution in [0.5, 0.6) is 0 Å². The van der Waals surface area contributed by atoms with Crippen molar-refractivity contribution in [2.24, 2.45) is 0 Å².